The van der Waals surface area contributed by atoms with Crippen LogP contribution in [-0.4, -0.2) is 51.6 Å². The van der Waals surface area contributed by atoms with Gasteiger partial charge in [-0.15, -0.1) is 0 Å². The van der Waals surface area contributed by atoms with Crippen LogP contribution in [0.25, 0.3) is 0 Å². The van der Waals surface area contributed by atoms with Crippen LogP contribution in [0.2, 0.25) is 0 Å². The van der Waals surface area contributed by atoms with Crippen LogP contribution in [0, 0.1) is 15.9 Å². The van der Waals surface area contributed by atoms with Gasteiger partial charge in [0.2, 0.25) is 0 Å². The number of amides is 1. The smallest absolute Gasteiger partial charge is 0.410 e. The van der Waals surface area contributed by atoms with E-state index in [-0.39, 0.29) is 11.5 Å². The second-order valence-corrected chi connectivity index (χ2v) is 7.43. The Kier molecular flexibility index (Phi) is 6.29. The van der Waals surface area contributed by atoms with Crippen LogP contribution >= 0.6 is 0 Å². The molecular weight excluding hydrogens is 417 g/mol. The van der Waals surface area contributed by atoms with Gasteiger partial charge in [0.15, 0.2) is 0 Å². The molecule has 1 aliphatic heterocycles. The molecule has 1 amide bonds. The van der Waals surface area contributed by atoms with E-state index in [1.807, 2.05) is 0 Å². The molecule has 166 valence electrons. The molecule has 32 heavy (non-hydrogen) atoms. The van der Waals surface area contributed by atoms with E-state index in [4.69, 9.17) is 4.74 Å². The van der Waals surface area contributed by atoms with Gasteiger partial charge in [0.1, 0.15) is 11.9 Å². The Bertz CT molecular complexity index is 1050. The molecule has 1 aliphatic rings. The van der Waals surface area contributed by atoms with Crippen molar-refractivity contribution in [1.29, 1.82) is 0 Å². The molecule has 0 radical (unpaired) electrons. The van der Waals surface area contributed by atoms with Crippen molar-refractivity contribution in [2.45, 2.75) is 12.6 Å². The minimum Gasteiger partial charge on any atom is -0.439 e. The number of nitro benzene ring substituents is 1. The number of carbonyl (C=O) groups is 1. The number of carbonyl (C=O) groups excluding carboxylic acids is 1. The number of aromatic nitrogens is 2. The summed E-state index contributed by atoms with van der Waals surface area (Å²) in [5.41, 5.74) is 1.60. The Morgan fingerprint density at radius 3 is 2.38 bits per heavy atom. The van der Waals surface area contributed by atoms with E-state index in [9.17, 15) is 19.3 Å². The van der Waals surface area contributed by atoms with Crippen LogP contribution < -0.4 is 4.90 Å². The number of non-ortho nitro benzene ring substituents is 1. The fraction of sp³-hybridized carbons (Fsp3) is 0.273. The predicted octanol–water partition coefficient (Wildman–Crippen LogP) is 3.63. The van der Waals surface area contributed by atoms with Crippen LogP contribution in [0.4, 0.5) is 20.6 Å². The summed E-state index contributed by atoms with van der Waals surface area (Å²) in [6.07, 6.45) is 4.01. The monoisotopic (exact) mass is 439 g/mol. The van der Waals surface area contributed by atoms with Gasteiger partial charge in [-0.05, 0) is 29.8 Å². The van der Waals surface area contributed by atoms with Gasteiger partial charge in [0, 0.05) is 56.4 Å². The van der Waals surface area contributed by atoms with Crippen LogP contribution in [0.1, 0.15) is 11.7 Å². The zero-order valence-corrected chi connectivity index (χ0v) is 17.2. The number of halogens is 1. The number of anilines is 1. The number of nitrogens with zero attached hydrogens (tertiary/aromatic N) is 5. The number of hydrogen-bond donors (Lipinski definition) is 0. The van der Waals surface area contributed by atoms with Crippen molar-refractivity contribution in [3.63, 3.8) is 0 Å². The first-order chi connectivity index (χ1) is 15.5. The molecule has 0 N–H and O–H groups in total. The first-order valence-electron chi connectivity index (χ1n) is 10.2. The minimum absolute atomic E-state index is 0.0423. The third-order valence-corrected chi connectivity index (χ3v) is 5.38. The molecule has 0 spiro atoms. The van der Waals surface area contributed by atoms with Crippen molar-refractivity contribution < 1.29 is 18.8 Å². The Morgan fingerprint density at radius 2 is 1.78 bits per heavy atom. The predicted molar refractivity (Wildman–Crippen MR) is 115 cm³/mol. The van der Waals surface area contributed by atoms with Crippen LogP contribution in [-0.2, 0) is 11.3 Å². The lowest BCUT2D eigenvalue weighted by molar-refractivity contribution is -0.384. The molecule has 1 fully saturated rings. The molecule has 2 aromatic carbocycles. The second-order valence-electron chi connectivity index (χ2n) is 7.43. The molecule has 4 rings (SSSR count). The molecule has 9 nitrogen and oxygen atoms in total. The average molecular weight is 439 g/mol. The van der Waals surface area contributed by atoms with Gasteiger partial charge in [-0.1, -0.05) is 12.1 Å². The highest BCUT2D eigenvalue weighted by Crippen LogP contribution is 2.24. The summed E-state index contributed by atoms with van der Waals surface area (Å²) in [6.45, 7) is 2.43. The lowest BCUT2D eigenvalue weighted by Gasteiger charge is -2.36. The number of hydrogen-bond acceptors (Lipinski definition) is 6. The summed E-state index contributed by atoms with van der Waals surface area (Å²) in [5, 5.41) is 10.8. The van der Waals surface area contributed by atoms with E-state index in [0.29, 0.717) is 38.3 Å². The first kappa shape index (κ1) is 21.3. The first-order valence-corrected chi connectivity index (χ1v) is 10.2. The van der Waals surface area contributed by atoms with Crippen LogP contribution in [0.3, 0.4) is 0 Å². The second kappa shape index (κ2) is 9.46. The average Bonchev–Trinajstić information content (AvgIpc) is 3.32. The van der Waals surface area contributed by atoms with Crippen LogP contribution in [0.15, 0.2) is 67.3 Å². The van der Waals surface area contributed by atoms with Gasteiger partial charge < -0.3 is 19.1 Å². The maximum atomic E-state index is 13.3. The van der Waals surface area contributed by atoms with E-state index in [2.05, 4.69) is 9.88 Å². The Hall–Kier alpha value is -3.95. The van der Waals surface area contributed by atoms with Gasteiger partial charge in [0.25, 0.3) is 5.69 Å². The van der Waals surface area contributed by atoms with Crippen molar-refractivity contribution in [3.05, 3.63) is 88.7 Å². The van der Waals surface area contributed by atoms with E-state index in [0.717, 1.165) is 5.69 Å². The lowest BCUT2D eigenvalue weighted by Crippen LogP contribution is -2.49. The Balaban J connectivity index is 1.38. The van der Waals surface area contributed by atoms with E-state index in [1.165, 1.54) is 24.3 Å². The van der Waals surface area contributed by atoms with E-state index >= 15 is 0 Å². The molecule has 0 aliphatic carbocycles. The summed E-state index contributed by atoms with van der Waals surface area (Å²) in [7, 11) is 0. The molecule has 10 heteroatoms. The van der Waals surface area contributed by atoms with Crippen molar-refractivity contribution in [3.8, 4) is 0 Å². The summed E-state index contributed by atoms with van der Waals surface area (Å²) in [5.74, 6) is -0.358. The van der Waals surface area contributed by atoms with Crippen molar-refractivity contribution in [1.82, 2.24) is 14.5 Å². The van der Waals surface area contributed by atoms with Gasteiger partial charge >= 0.3 is 6.09 Å². The quantitative estimate of drug-likeness (QED) is 0.430. The SMILES string of the molecule is O=C(O[C@@H](Cn1ccnc1)c1ccc(F)cc1)N1CCN(c2ccc([N+](=O)[O-])cc2)CC1. The molecule has 0 saturated carbocycles. The van der Waals surface area contributed by atoms with Gasteiger partial charge in [-0.25, -0.2) is 14.2 Å². The molecule has 1 aromatic heterocycles. The van der Waals surface area contributed by atoms with Crippen molar-refractivity contribution >= 4 is 17.5 Å². The number of rotatable bonds is 6. The fourth-order valence-electron chi connectivity index (χ4n) is 3.60. The van der Waals surface area contributed by atoms with E-state index < -0.39 is 17.1 Å². The number of ether oxygens (including phenoxy) is 1. The maximum absolute atomic E-state index is 13.3. The molecular formula is C22H22FN5O4. The zero-order chi connectivity index (χ0) is 22.5. The largest absolute Gasteiger partial charge is 0.439 e. The van der Waals surface area contributed by atoms with Crippen molar-refractivity contribution in [2.75, 3.05) is 31.1 Å². The highest BCUT2D eigenvalue weighted by Gasteiger charge is 2.26. The number of nitro groups is 1. The number of imidazole rings is 1. The minimum atomic E-state index is -0.593. The molecule has 3 aromatic rings. The van der Waals surface area contributed by atoms with Crippen LogP contribution in [0.5, 0.6) is 0 Å². The third kappa shape index (κ3) is 5.02. The molecule has 1 atom stereocenters. The van der Waals surface area contributed by atoms with Gasteiger partial charge in [0.05, 0.1) is 17.8 Å². The summed E-state index contributed by atoms with van der Waals surface area (Å²) >= 11 is 0. The molecule has 0 unspecified atom stereocenters. The lowest BCUT2D eigenvalue weighted by atomic mass is 10.1. The highest BCUT2D eigenvalue weighted by atomic mass is 19.1. The van der Waals surface area contributed by atoms with E-state index in [1.54, 1.807) is 52.5 Å². The molecule has 1 saturated heterocycles. The van der Waals surface area contributed by atoms with Gasteiger partial charge in [-0.3, -0.25) is 10.1 Å². The molecule has 0 bridgehead atoms. The van der Waals surface area contributed by atoms with Crippen molar-refractivity contribution in [2.24, 2.45) is 0 Å². The highest BCUT2D eigenvalue weighted by molar-refractivity contribution is 5.68. The summed E-state index contributed by atoms with van der Waals surface area (Å²) < 4.78 is 20.9. The summed E-state index contributed by atoms with van der Waals surface area (Å²) in [6, 6.07) is 12.3. The standard InChI is InChI=1S/C22H22FN5O4/c23-18-3-1-17(2-4-18)21(15-25-10-9-24-16-25)32-22(29)27-13-11-26(12-14-27)19-5-7-20(8-6-19)28(30)31/h1-10,16,21H,11-15H2/t21-/m0/s1. The maximum Gasteiger partial charge on any atom is 0.410 e. The third-order valence-electron chi connectivity index (χ3n) is 5.38. The normalized spacial score (nSPS) is 14.8. The molecule has 2 heterocycles. The Labute approximate surface area is 183 Å². The number of benzene rings is 2. The fourth-order valence-corrected chi connectivity index (χ4v) is 3.60. The summed E-state index contributed by atoms with van der Waals surface area (Å²) in [4.78, 5) is 31.0. The number of piperazine rings is 1. The zero-order valence-electron chi connectivity index (χ0n) is 17.2. The van der Waals surface area contributed by atoms with Gasteiger partial charge in [-0.2, -0.15) is 0 Å². The topological polar surface area (TPSA) is 93.7 Å². The Morgan fingerprint density at radius 1 is 1.09 bits per heavy atom.